The van der Waals surface area contributed by atoms with Crippen molar-refractivity contribution in [1.29, 1.82) is 0 Å². The highest BCUT2D eigenvalue weighted by Gasteiger charge is 2.34. The van der Waals surface area contributed by atoms with Crippen LogP contribution in [-0.4, -0.2) is 29.4 Å². The number of ether oxygens (including phenoxy) is 1. The van der Waals surface area contributed by atoms with E-state index in [-0.39, 0.29) is 30.5 Å². The van der Waals surface area contributed by atoms with Gasteiger partial charge in [0.05, 0.1) is 12.1 Å². The third kappa shape index (κ3) is 4.45. The van der Waals surface area contributed by atoms with Gasteiger partial charge in [-0.1, -0.05) is 48.0 Å². The number of rotatable bonds is 4. The Labute approximate surface area is 182 Å². The molecule has 1 unspecified atom stereocenters. The number of hydrogen-bond donors (Lipinski definition) is 1. The zero-order chi connectivity index (χ0) is 22.0. The van der Waals surface area contributed by atoms with Crippen LogP contribution in [0.2, 0.25) is 0 Å². The number of carbonyl (C=O) groups is 2. The summed E-state index contributed by atoms with van der Waals surface area (Å²) >= 11 is 0. The molecular weight excluding hydrogens is 388 g/mol. The van der Waals surface area contributed by atoms with Crippen LogP contribution in [0.15, 0.2) is 72.8 Å². The van der Waals surface area contributed by atoms with E-state index in [0.29, 0.717) is 11.3 Å². The SMILES string of the molecule is Cc1ccc2c(c1)C(c1ccccc1)N(C(=O)c1ccc(OC(C)C)cc1)CC(=O)N2. The van der Waals surface area contributed by atoms with Crippen molar-refractivity contribution in [2.75, 3.05) is 11.9 Å². The van der Waals surface area contributed by atoms with E-state index in [1.807, 2.05) is 69.3 Å². The molecule has 0 aromatic heterocycles. The van der Waals surface area contributed by atoms with Crippen LogP contribution in [0.5, 0.6) is 5.75 Å². The highest BCUT2D eigenvalue weighted by Crippen LogP contribution is 2.37. The maximum atomic E-state index is 13.6. The second kappa shape index (κ2) is 8.64. The van der Waals surface area contributed by atoms with Gasteiger partial charge in [-0.15, -0.1) is 0 Å². The first-order valence-corrected chi connectivity index (χ1v) is 10.5. The quantitative estimate of drug-likeness (QED) is 0.656. The Hall–Kier alpha value is -3.60. The molecular formula is C26H26N2O3. The normalized spacial score (nSPS) is 15.8. The van der Waals surface area contributed by atoms with Crippen molar-refractivity contribution >= 4 is 17.5 Å². The summed E-state index contributed by atoms with van der Waals surface area (Å²) < 4.78 is 5.69. The molecule has 1 aliphatic rings. The molecule has 1 N–H and O–H groups in total. The van der Waals surface area contributed by atoms with Gasteiger partial charge in [0.2, 0.25) is 5.91 Å². The van der Waals surface area contributed by atoms with Crippen LogP contribution in [-0.2, 0) is 4.79 Å². The number of aryl methyl sites for hydroxylation is 1. The van der Waals surface area contributed by atoms with Gasteiger partial charge in [-0.2, -0.15) is 0 Å². The van der Waals surface area contributed by atoms with E-state index in [1.54, 1.807) is 29.2 Å². The minimum absolute atomic E-state index is 0.0314. The molecule has 0 radical (unpaired) electrons. The highest BCUT2D eigenvalue weighted by atomic mass is 16.5. The van der Waals surface area contributed by atoms with Crippen molar-refractivity contribution in [3.05, 3.63) is 95.1 Å². The average Bonchev–Trinajstić information content (AvgIpc) is 2.89. The van der Waals surface area contributed by atoms with Crippen molar-refractivity contribution in [2.24, 2.45) is 0 Å². The number of nitrogens with zero attached hydrogens (tertiary/aromatic N) is 1. The molecule has 158 valence electrons. The van der Waals surface area contributed by atoms with Crippen molar-refractivity contribution in [2.45, 2.75) is 32.9 Å². The van der Waals surface area contributed by atoms with Gasteiger partial charge in [0.25, 0.3) is 5.91 Å². The van der Waals surface area contributed by atoms with Gasteiger partial charge < -0.3 is 15.0 Å². The monoisotopic (exact) mass is 414 g/mol. The molecule has 3 aromatic rings. The number of fused-ring (bicyclic) bond motifs is 1. The van der Waals surface area contributed by atoms with Crippen LogP contribution in [0.1, 0.15) is 46.9 Å². The summed E-state index contributed by atoms with van der Waals surface area (Å²) in [6.45, 7) is 5.89. The number of amides is 2. The minimum atomic E-state index is -0.380. The predicted molar refractivity (Wildman–Crippen MR) is 121 cm³/mol. The van der Waals surface area contributed by atoms with Crippen LogP contribution in [0, 0.1) is 6.92 Å². The van der Waals surface area contributed by atoms with Crippen molar-refractivity contribution in [3.63, 3.8) is 0 Å². The fourth-order valence-corrected chi connectivity index (χ4v) is 3.92. The molecule has 31 heavy (non-hydrogen) atoms. The summed E-state index contributed by atoms with van der Waals surface area (Å²) in [4.78, 5) is 28.0. The molecule has 1 atom stereocenters. The first-order chi connectivity index (χ1) is 14.9. The van der Waals surface area contributed by atoms with Crippen LogP contribution < -0.4 is 10.1 Å². The van der Waals surface area contributed by atoms with Crippen molar-refractivity contribution in [1.82, 2.24) is 4.90 Å². The maximum Gasteiger partial charge on any atom is 0.255 e. The topological polar surface area (TPSA) is 58.6 Å². The number of hydrogen-bond acceptors (Lipinski definition) is 3. The molecule has 0 bridgehead atoms. The molecule has 0 aliphatic carbocycles. The molecule has 5 nitrogen and oxygen atoms in total. The van der Waals surface area contributed by atoms with Gasteiger partial charge in [-0.05, 0) is 56.7 Å². The molecule has 5 heteroatoms. The number of carbonyl (C=O) groups excluding carboxylic acids is 2. The third-order valence-electron chi connectivity index (χ3n) is 5.25. The Bertz CT molecular complexity index is 1090. The molecule has 3 aromatic carbocycles. The summed E-state index contributed by atoms with van der Waals surface area (Å²) in [5.41, 5.74) is 4.18. The third-order valence-corrected chi connectivity index (χ3v) is 5.25. The molecule has 2 amide bonds. The Balaban J connectivity index is 1.78. The molecule has 0 fully saturated rings. The van der Waals surface area contributed by atoms with Gasteiger partial charge in [0.15, 0.2) is 0 Å². The Morgan fingerprint density at radius 2 is 1.74 bits per heavy atom. The van der Waals surface area contributed by atoms with E-state index in [2.05, 4.69) is 5.32 Å². The minimum Gasteiger partial charge on any atom is -0.491 e. The summed E-state index contributed by atoms with van der Waals surface area (Å²) in [5.74, 6) is 0.298. The van der Waals surface area contributed by atoms with Crippen LogP contribution in [0.25, 0.3) is 0 Å². The van der Waals surface area contributed by atoms with E-state index < -0.39 is 0 Å². The van der Waals surface area contributed by atoms with Crippen molar-refractivity contribution in [3.8, 4) is 5.75 Å². The Morgan fingerprint density at radius 3 is 2.42 bits per heavy atom. The average molecular weight is 415 g/mol. The van der Waals surface area contributed by atoms with E-state index in [1.165, 1.54) is 0 Å². The first kappa shape index (κ1) is 20.7. The number of nitrogens with one attached hydrogen (secondary N) is 1. The van der Waals surface area contributed by atoms with Gasteiger partial charge >= 0.3 is 0 Å². The largest absolute Gasteiger partial charge is 0.491 e. The fourth-order valence-electron chi connectivity index (χ4n) is 3.92. The fraction of sp³-hybridized carbons (Fsp3) is 0.231. The van der Waals surface area contributed by atoms with Crippen molar-refractivity contribution < 1.29 is 14.3 Å². The van der Waals surface area contributed by atoms with Crippen LogP contribution >= 0.6 is 0 Å². The molecule has 1 heterocycles. The van der Waals surface area contributed by atoms with E-state index in [4.69, 9.17) is 4.74 Å². The summed E-state index contributed by atoms with van der Waals surface area (Å²) in [6.07, 6.45) is 0.0538. The summed E-state index contributed by atoms with van der Waals surface area (Å²) in [6, 6.07) is 22.5. The second-order valence-corrected chi connectivity index (χ2v) is 8.08. The van der Waals surface area contributed by atoms with E-state index in [0.717, 1.165) is 22.4 Å². The molecule has 1 aliphatic heterocycles. The zero-order valence-electron chi connectivity index (χ0n) is 18.0. The zero-order valence-corrected chi connectivity index (χ0v) is 18.0. The number of anilines is 1. The lowest BCUT2D eigenvalue weighted by Crippen LogP contribution is -2.39. The molecule has 0 spiro atoms. The Kier molecular flexibility index (Phi) is 5.76. The lowest BCUT2D eigenvalue weighted by molar-refractivity contribution is -0.117. The van der Waals surface area contributed by atoms with E-state index >= 15 is 0 Å². The van der Waals surface area contributed by atoms with Gasteiger partial charge in [-0.3, -0.25) is 9.59 Å². The summed E-state index contributed by atoms with van der Waals surface area (Å²) in [7, 11) is 0. The van der Waals surface area contributed by atoms with Gasteiger partial charge in [0.1, 0.15) is 12.3 Å². The van der Waals surface area contributed by atoms with Gasteiger partial charge in [0, 0.05) is 16.8 Å². The molecule has 4 rings (SSSR count). The first-order valence-electron chi connectivity index (χ1n) is 10.5. The molecule has 0 saturated heterocycles. The van der Waals surface area contributed by atoms with E-state index in [9.17, 15) is 9.59 Å². The number of benzene rings is 3. The van der Waals surface area contributed by atoms with Crippen LogP contribution in [0.3, 0.4) is 0 Å². The second-order valence-electron chi connectivity index (χ2n) is 8.08. The van der Waals surface area contributed by atoms with Gasteiger partial charge in [-0.25, -0.2) is 0 Å². The molecule has 0 saturated carbocycles. The lowest BCUT2D eigenvalue weighted by atomic mass is 9.94. The Morgan fingerprint density at radius 1 is 1.03 bits per heavy atom. The highest BCUT2D eigenvalue weighted by molar-refractivity contribution is 6.01. The standard InChI is InChI=1S/C26H26N2O3/c1-17(2)31-21-12-10-20(11-13-21)26(30)28-16-24(29)27-23-14-9-18(3)15-22(23)25(28)19-7-5-4-6-8-19/h4-15,17,25H,16H2,1-3H3,(H,27,29). The predicted octanol–water partition coefficient (Wildman–Crippen LogP) is 4.97. The van der Waals surface area contributed by atoms with Crippen LogP contribution in [0.4, 0.5) is 5.69 Å². The summed E-state index contributed by atoms with van der Waals surface area (Å²) in [5, 5.41) is 2.96. The smallest absolute Gasteiger partial charge is 0.255 e. The maximum absolute atomic E-state index is 13.6. The lowest BCUT2D eigenvalue weighted by Gasteiger charge is -2.31.